The first-order valence-corrected chi connectivity index (χ1v) is 9.07. The molecule has 0 aromatic heterocycles. The predicted octanol–water partition coefficient (Wildman–Crippen LogP) is 2.31. The molecule has 2 saturated heterocycles. The Kier molecular flexibility index (Phi) is 4.73. The van der Waals surface area contributed by atoms with Crippen molar-refractivity contribution < 1.29 is 23.9 Å². The lowest BCUT2D eigenvalue weighted by molar-refractivity contribution is -0.180. The molecule has 0 aliphatic carbocycles. The second-order valence-electron chi connectivity index (χ2n) is 6.86. The number of cyclic esters (lactones) is 1. The van der Waals surface area contributed by atoms with Crippen LogP contribution in [-0.4, -0.2) is 46.1 Å². The van der Waals surface area contributed by atoms with E-state index in [4.69, 9.17) is 9.47 Å². The van der Waals surface area contributed by atoms with E-state index in [0.717, 1.165) is 11.1 Å². The molecule has 2 aliphatic heterocycles. The number of hydrogen-bond acceptors (Lipinski definition) is 5. The molecule has 28 heavy (non-hydrogen) atoms. The van der Waals surface area contributed by atoms with Crippen LogP contribution in [0.15, 0.2) is 60.7 Å². The van der Waals surface area contributed by atoms with Crippen LogP contribution in [0.2, 0.25) is 0 Å². The number of ether oxygens (including phenoxy) is 2. The molecule has 3 atom stereocenters. The molecule has 2 aromatic carbocycles. The van der Waals surface area contributed by atoms with Crippen molar-refractivity contribution in [2.75, 3.05) is 0 Å². The molecule has 2 heterocycles. The summed E-state index contributed by atoms with van der Waals surface area (Å²) in [5, 5.41) is 0. The highest BCUT2D eigenvalue weighted by Crippen LogP contribution is 2.36. The van der Waals surface area contributed by atoms with Gasteiger partial charge in [-0.3, -0.25) is 4.79 Å². The summed E-state index contributed by atoms with van der Waals surface area (Å²) >= 11 is 0. The van der Waals surface area contributed by atoms with Gasteiger partial charge in [-0.05, 0) is 11.1 Å². The van der Waals surface area contributed by atoms with Gasteiger partial charge in [0.05, 0.1) is 0 Å². The van der Waals surface area contributed by atoms with Crippen molar-refractivity contribution in [3.8, 4) is 0 Å². The van der Waals surface area contributed by atoms with Gasteiger partial charge >= 0.3 is 18.0 Å². The molecule has 3 unspecified atom stereocenters. The van der Waals surface area contributed by atoms with Crippen molar-refractivity contribution in [3.63, 3.8) is 0 Å². The Morgan fingerprint density at radius 3 is 2.00 bits per heavy atom. The molecule has 144 valence electrons. The number of amides is 2. The van der Waals surface area contributed by atoms with Gasteiger partial charge in [-0.25, -0.2) is 9.59 Å². The van der Waals surface area contributed by atoms with Gasteiger partial charge in [-0.1, -0.05) is 60.7 Å². The Morgan fingerprint density at radius 2 is 1.46 bits per heavy atom. The topological polar surface area (TPSA) is 76.1 Å². The van der Waals surface area contributed by atoms with Crippen molar-refractivity contribution in [2.24, 2.45) is 0 Å². The largest absolute Gasteiger partial charge is 0.423 e. The van der Waals surface area contributed by atoms with E-state index in [0.29, 0.717) is 6.54 Å². The van der Waals surface area contributed by atoms with Crippen LogP contribution in [0.3, 0.4) is 0 Å². The van der Waals surface area contributed by atoms with Crippen LogP contribution < -0.4 is 0 Å². The zero-order chi connectivity index (χ0) is 19.7. The van der Waals surface area contributed by atoms with E-state index in [1.165, 1.54) is 11.8 Å². The van der Waals surface area contributed by atoms with Gasteiger partial charge in [0.25, 0.3) is 6.29 Å². The van der Waals surface area contributed by atoms with E-state index in [1.54, 1.807) is 4.90 Å². The number of benzene rings is 2. The number of carbonyl (C=O) groups is 3. The summed E-state index contributed by atoms with van der Waals surface area (Å²) in [4.78, 5) is 40.3. The van der Waals surface area contributed by atoms with Crippen molar-refractivity contribution in [2.45, 2.75) is 38.4 Å². The summed E-state index contributed by atoms with van der Waals surface area (Å²) in [6.45, 7) is 1.82. The van der Waals surface area contributed by atoms with E-state index >= 15 is 0 Å². The molecule has 2 fully saturated rings. The fourth-order valence-corrected chi connectivity index (χ4v) is 3.74. The van der Waals surface area contributed by atoms with Crippen molar-refractivity contribution in [1.82, 2.24) is 9.80 Å². The molecule has 4 rings (SSSR count). The molecule has 0 saturated carbocycles. The van der Waals surface area contributed by atoms with Gasteiger partial charge in [0.1, 0.15) is 6.04 Å². The summed E-state index contributed by atoms with van der Waals surface area (Å²) in [5.41, 5.74) is 1.82. The fourth-order valence-electron chi connectivity index (χ4n) is 3.74. The van der Waals surface area contributed by atoms with E-state index in [9.17, 15) is 14.4 Å². The van der Waals surface area contributed by atoms with Gasteiger partial charge in [-0.15, -0.1) is 0 Å². The quantitative estimate of drug-likeness (QED) is 0.744. The Labute approximate surface area is 162 Å². The standard InChI is InChI=1S/C21H20N2O5/c1-14(24)27-20-18-17(19(25)28-20)22(12-15-8-4-2-5-9-15)21(26)23(18)13-16-10-6-3-7-11-16/h2-11,17-18,20H,12-13H2,1H3. The predicted molar refractivity (Wildman–Crippen MR) is 98.6 cm³/mol. The SMILES string of the molecule is CC(=O)OC1OC(=O)C2C1N(Cc1ccccc1)C(=O)N2Cc1ccccc1. The average Bonchev–Trinajstić information content (AvgIpc) is 3.13. The number of hydrogen-bond donors (Lipinski definition) is 0. The number of urea groups is 1. The molecule has 7 nitrogen and oxygen atoms in total. The first-order chi connectivity index (χ1) is 13.5. The number of rotatable bonds is 5. The average molecular weight is 380 g/mol. The highest BCUT2D eigenvalue weighted by molar-refractivity contribution is 5.90. The van der Waals surface area contributed by atoms with Gasteiger partial charge in [0, 0.05) is 20.0 Å². The van der Waals surface area contributed by atoms with E-state index in [-0.39, 0.29) is 12.6 Å². The number of carbonyl (C=O) groups excluding carboxylic acids is 3. The summed E-state index contributed by atoms with van der Waals surface area (Å²) in [5.74, 6) is -1.12. The van der Waals surface area contributed by atoms with E-state index < -0.39 is 30.3 Å². The normalized spacial score (nSPS) is 23.5. The lowest BCUT2D eigenvalue weighted by atomic mass is 10.1. The minimum atomic E-state index is -1.11. The molecule has 0 spiro atoms. The Morgan fingerprint density at radius 1 is 0.929 bits per heavy atom. The van der Waals surface area contributed by atoms with E-state index in [1.807, 2.05) is 60.7 Å². The summed E-state index contributed by atoms with van der Waals surface area (Å²) in [6.07, 6.45) is -1.11. The molecule has 2 amide bonds. The number of fused-ring (bicyclic) bond motifs is 1. The minimum absolute atomic E-state index is 0.272. The van der Waals surface area contributed by atoms with Gasteiger partial charge in [0.2, 0.25) is 0 Å². The van der Waals surface area contributed by atoms with Crippen LogP contribution in [0.5, 0.6) is 0 Å². The second-order valence-corrected chi connectivity index (χ2v) is 6.86. The molecule has 7 heteroatoms. The van der Waals surface area contributed by atoms with Crippen LogP contribution >= 0.6 is 0 Å². The van der Waals surface area contributed by atoms with Gasteiger partial charge in [0.15, 0.2) is 6.04 Å². The highest BCUT2D eigenvalue weighted by Gasteiger charge is 2.60. The Balaban J connectivity index is 1.66. The Bertz CT molecular complexity index is 886. The third kappa shape index (κ3) is 3.31. The Hall–Kier alpha value is -3.35. The fraction of sp³-hybridized carbons (Fsp3) is 0.286. The first kappa shape index (κ1) is 18.0. The zero-order valence-electron chi connectivity index (χ0n) is 15.4. The van der Waals surface area contributed by atoms with Crippen molar-refractivity contribution >= 4 is 18.0 Å². The van der Waals surface area contributed by atoms with Gasteiger partial charge in [-0.2, -0.15) is 0 Å². The maximum absolute atomic E-state index is 13.2. The number of nitrogens with zero attached hydrogens (tertiary/aromatic N) is 2. The third-order valence-corrected chi connectivity index (χ3v) is 4.94. The second kappa shape index (κ2) is 7.34. The minimum Gasteiger partial charge on any atom is -0.423 e. The lowest BCUT2D eigenvalue weighted by Gasteiger charge is -2.25. The van der Waals surface area contributed by atoms with Crippen LogP contribution in [0.25, 0.3) is 0 Å². The van der Waals surface area contributed by atoms with Crippen molar-refractivity contribution in [3.05, 3.63) is 71.8 Å². The summed E-state index contributed by atoms with van der Waals surface area (Å²) in [7, 11) is 0. The molecule has 0 radical (unpaired) electrons. The molecular weight excluding hydrogens is 360 g/mol. The maximum atomic E-state index is 13.2. The summed E-state index contributed by atoms with van der Waals surface area (Å²) in [6, 6.07) is 17.1. The summed E-state index contributed by atoms with van der Waals surface area (Å²) < 4.78 is 10.5. The van der Waals surface area contributed by atoms with Gasteiger partial charge < -0.3 is 19.3 Å². The molecule has 0 N–H and O–H groups in total. The first-order valence-electron chi connectivity index (χ1n) is 9.07. The van der Waals surface area contributed by atoms with Crippen LogP contribution in [-0.2, 0) is 32.2 Å². The van der Waals surface area contributed by atoms with Crippen LogP contribution in [0, 0.1) is 0 Å². The maximum Gasteiger partial charge on any atom is 0.334 e. The molecule has 2 aliphatic rings. The molecule has 2 aromatic rings. The van der Waals surface area contributed by atoms with E-state index in [2.05, 4.69) is 0 Å². The molecular formula is C21H20N2O5. The number of esters is 2. The van der Waals surface area contributed by atoms with Crippen molar-refractivity contribution in [1.29, 1.82) is 0 Å². The monoisotopic (exact) mass is 380 g/mol. The zero-order valence-corrected chi connectivity index (χ0v) is 15.4. The molecule has 0 bridgehead atoms. The smallest absolute Gasteiger partial charge is 0.334 e. The van der Waals surface area contributed by atoms with Crippen LogP contribution in [0.1, 0.15) is 18.1 Å². The third-order valence-electron chi connectivity index (χ3n) is 4.94. The van der Waals surface area contributed by atoms with Crippen LogP contribution in [0.4, 0.5) is 4.79 Å². The lowest BCUT2D eigenvalue weighted by Crippen LogP contribution is -2.43. The highest BCUT2D eigenvalue weighted by atomic mass is 16.7.